The highest BCUT2D eigenvalue weighted by molar-refractivity contribution is 5.97. The molecule has 0 aliphatic carbocycles. The number of rotatable bonds is 8. The van der Waals surface area contributed by atoms with Gasteiger partial charge in [0.25, 0.3) is 0 Å². The molecule has 19 heavy (non-hydrogen) atoms. The zero-order chi connectivity index (χ0) is 14.1. The van der Waals surface area contributed by atoms with Crippen LogP contribution in [0.1, 0.15) is 62.7 Å². The average molecular weight is 262 g/mol. The number of benzene rings is 1. The van der Waals surface area contributed by atoms with E-state index in [4.69, 9.17) is 4.74 Å². The fourth-order valence-corrected chi connectivity index (χ4v) is 1.89. The van der Waals surface area contributed by atoms with Crippen molar-refractivity contribution in [2.24, 2.45) is 0 Å². The Labute approximate surface area is 115 Å². The van der Waals surface area contributed by atoms with Gasteiger partial charge in [-0.1, -0.05) is 44.7 Å². The molecule has 0 N–H and O–H groups in total. The standard InChI is InChI=1S/C16H22O3/c1-3-4-5-6-7-12-16(18)19-15-11-9-8-10-14(15)13(2)17/h8-11H,3-7,12H2,1-2H3. The van der Waals surface area contributed by atoms with Gasteiger partial charge in [0, 0.05) is 6.42 Å². The minimum Gasteiger partial charge on any atom is -0.426 e. The normalized spacial score (nSPS) is 10.2. The average Bonchev–Trinajstić information content (AvgIpc) is 2.39. The van der Waals surface area contributed by atoms with Crippen LogP contribution in [-0.4, -0.2) is 11.8 Å². The van der Waals surface area contributed by atoms with Crippen molar-refractivity contribution in [3.63, 3.8) is 0 Å². The third-order valence-electron chi connectivity index (χ3n) is 2.97. The second kappa shape index (κ2) is 8.46. The van der Waals surface area contributed by atoms with Gasteiger partial charge in [-0.2, -0.15) is 0 Å². The molecule has 0 heterocycles. The van der Waals surface area contributed by atoms with Crippen molar-refractivity contribution in [1.82, 2.24) is 0 Å². The number of esters is 1. The van der Waals surface area contributed by atoms with E-state index in [0.29, 0.717) is 17.7 Å². The highest BCUT2D eigenvalue weighted by Crippen LogP contribution is 2.19. The Morgan fingerprint density at radius 1 is 1.05 bits per heavy atom. The Bertz CT molecular complexity index is 424. The quantitative estimate of drug-likeness (QED) is 0.306. The lowest BCUT2D eigenvalue weighted by atomic mass is 10.1. The molecular formula is C16H22O3. The first-order valence-corrected chi connectivity index (χ1v) is 6.95. The monoisotopic (exact) mass is 262 g/mol. The van der Waals surface area contributed by atoms with Gasteiger partial charge in [-0.3, -0.25) is 9.59 Å². The third-order valence-corrected chi connectivity index (χ3v) is 2.97. The summed E-state index contributed by atoms with van der Waals surface area (Å²) in [6.45, 7) is 3.63. The molecule has 104 valence electrons. The number of Topliss-reactive ketones (excluding diaryl/α,β-unsaturated/α-hetero) is 1. The van der Waals surface area contributed by atoms with Crippen LogP contribution >= 0.6 is 0 Å². The van der Waals surface area contributed by atoms with Crippen LogP contribution in [0.5, 0.6) is 5.75 Å². The molecule has 0 atom stereocenters. The summed E-state index contributed by atoms with van der Waals surface area (Å²) in [6, 6.07) is 6.85. The van der Waals surface area contributed by atoms with Gasteiger partial charge in [0.2, 0.25) is 0 Å². The van der Waals surface area contributed by atoms with Crippen LogP contribution in [0.3, 0.4) is 0 Å². The van der Waals surface area contributed by atoms with Crippen LogP contribution in [0.4, 0.5) is 0 Å². The van der Waals surface area contributed by atoms with Crippen LogP contribution in [0.25, 0.3) is 0 Å². The van der Waals surface area contributed by atoms with Gasteiger partial charge in [0.15, 0.2) is 5.78 Å². The number of ether oxygens (including phenoxy) is 1. The SMILES string of the molecule is CCCCCCCC(=O)Oc1ccccc1C(C)=O. The van der Waals surface area contributed by atoms with Crippen molar-refractivity contribution in [3.05, 3.63) is 29.8 Å². The van der Waals surface area contributed by atoms with E-state index in [-0.39, 0.29) is 11.8 Å². The Hall–Kier alpha value is -1.64. The molecule has 1 aromatic carbocycles. The van der Waals surface area contributed by atoms with Gasteiger partial charge < -0.3 is 4.74 Å². The van der Waals surface area contributed by atoms with E-state index in [9.17, 15) is 9.59 Å². The number of para-hydroxylation sites is 1. The van der Waals surface area contributed by atoms with Gasteiger partial charge in [-0.25, -0.2) is 0 Å². The van der Waals surface area contributed by atoms with E-state index in [1.54, 1.807) is 24.3 Å². The Morgan fingerprint density at radius 2 is 1.74 bits per heavy atom. The van der Waals surface area contributed by atoms with Crippen LogP contribution in [-0.2, 0) is 4.79 Å². The zero-order valence-electron chi connectivity index (χ0n) is 11.8. The predicted octanol–water partition coefficient (Wildman–Crippen LogP) is 4.16. The molecule has 0 fully saturated rings. The summed E-state index contributed by atoms with van der Waals surface area (Å²) in [5, 5.41) is 0. The Balaban J connectivity index is 2.42. The molecule has 3 nitrogen and oxygen atoms in total. The fraction of sp³-hybridized carbons (Fsp3) is 0.500. The van der Waals surface area contributed by atoms with E-state index in [1.165, 1.54) is 19.8 Å². The molecule has 0 aliphatic rings. The van der Waals surface area contributed by atoms with E-state index < -0.39 is 0 Å². The van der Waals surface area contributed by atoms with Crippen LogP contribution in [0.15, 0.2) is 24.3 Å². The second-order valence-corrected chi connectivity index (χ2v) is 4.69. The smallest absolute Gasteiger partial charge is 0.311 e. The maximum atomic E-state index is 11.7. The lowest BCUT2D eigenvalue weighted by Gasteiger charge is -2.07. The van der Waals surface area contributed by atoms with Gasteiger partial charge in [-0.05, 0) is 25.5 Å². The van der Waals surface area contributed by atoms with Crippen molar-refractivity contribution < 1.29 is 14.3 Å². The Morgan fingerprint density at radius 3 is 2.42 bits per heavy atom. The highest BCUT2D eigenvalue weighted by Gasteiger charge is 2.11. The number of carbonyl (C=O) groups is 2. The maximum absolute atomic E-state index is 11.7. The lowest BCUT2D eigenvalue weighted by Crippen LogP contribution is -2.10. The molecule has 1 aromatic rings. The molecule has 0 saturated heterocycles. The predicted molar refractivity (Wildman–Crippen MR) is 75.5 cm³/mol. The number of hydrogen-bond donors (Lipinski definition) is 0. The maximum Gasteiger partial charge on any atom is 0.311 e. The molecule has 0 saturated carbocycles. The lowest BCUT2D eigenvalue weighted by molar-refractivity contribution is -0.134. The second-order valence-electron chi connectivity index (χ2n) is 4.69. The summed E-state index contributed by atoms with van der Waals surface area (Å²) in [4.78, 5) is 23.1. The molecule has 0 bridgehead atoms. The van der Waals surface area contributed by atoms with Gasteiger partial charge in [-0.15, -0.1) is 0 Å². The summed E-state index contributed by atoms with van der Waals surface area (Å²) < 4.78 is 5.25. The number of hydrogen-bond acceptors (Lipinski definition) is 3. The minimum atomic E-state index is -0.259. The molecule has 0 unspecified atom stereocenters. The zero-order valence-corrected chi connectivity index (χ0v) is 11.8. The Kier molecular flexibility index (Phi) is 6.86. The molecule has 1 rings (SSSR count). The first kappa shape index (κ1) is 15.4. The highest BCUT2D eigenvalue weighted by atomic mass is 16.5. The molecule has 0 aromatic heterocycles. The van der Waals surface area contributed by atoms with Crippen LogP contribution in [0.2, 0.25) is 0 Å². The van der Waals surface area contributed by atoms with Gasteiger partial charge >= 0.3 is 5.97 Å². The van der Waals surface area contributed by atoms with Crippen LogP contribution in [0, 0.1) is 0 Å². The van der Waals surface area contributed by atoms with E-state index in [2.05, 4.69) is 6.92 Å². The summed E-state index contributed by atoms with van der Waals surface area (Å²) in [7, 11) is 0. The molecule has 0 radical (unpaired) electrons. The van der Waals surface area contributed by atoms with Crippen molar-refractivity contribution in [2.75, 3.05) is 0 Å². The molecule has 0 aliphatic heterocycles. The van der Waals surface area contributed by atoms with Crippen molar-refractivity contribution in [2.45, 2.75) is 52.4 Å². The summed E-state index contributed by atoms with van der Waals surface area (Å²) in [6.07, 6.45) is 5.88. The molecule has 3 heteroatoms. The van der Waals surface area contributed by atoms with E-state index in [1.807, 2.05) is 0 Å². The number of carbonyl (C=O) groups excluding carboxylic acids is 2. The topological polar surface area (TPSA) is 43.4 Å². The summed E-state index contributed by atoms with van der Waals surface area (Å²) in [5.41, 5.74) is 0.460. The van der Waals surface area contributed by atoms with Gasteiger partial charge in [0.05, 0.1) is 5.56 Å². The van der Waals surface area contributed by atoms with Crippen molar-refractivity contribution in [1.29, 1.82) is 0 Å². The molecule has 0 amide bonds. The van der Waals surface area contributed by atoms with Crippen molar-refractivity contribution >= 4 is 11.8 Å². The number of unbranched alkanes of at least 4 members (excludes halogenated alkanes) is 4. The minimum absolute atomic E-state index is 0.0913. The molecular weight excluding hydrogens is 240 g/mol. The van der Waals surface area contributed by atoms with E-state index >= 15 is 0 Å². The first-order chi connectivity index (χ1) is 9.15. The largest absolute Gasteiger partial charge is 0.426 e. The first-order valence-electron chi connectivity index (χ1n) is 6.95. The van der Waals surface area contributed by atoms with Crippen LogP contribution < -0.4 is 4.74 Å². The fourth-order valence-electron chi connectivity index (χ4n) is 1.89. The summed E-state index contributed by atoms with van der Waals surface area (Å²) >= 11 is 0. The number of ketones is 1. The van der Waals surface area contributed by atoms with Gasteiger partial charge in [0.1, 0.15) is 5.75 Å². The third kappa shape index (κ3) is 5.69. The van der Waals surface area contributed by atoms with E-state index in [0.717, 1.165) is 19.3 Å². The van der Waals surface area contributed by atoms with Crippen molar-refractivity contribution in [3.8, 4) is 5.75 Å². The molecule has 0 spiro atoms. The summed E-state index contributed by atoms with van der Waals surface area (Å²) in [5.74, 6) is 0.0186.